The highest BCUT2D eigenvalue weighted by molar-refractivity contribution is 9.10. The van der Waals surface area contributed by atoms with E-state index in [4.69, 9.17) is 4.42 Å². The molecule has 7 nitrogen and oxygen atoms in total. The number of carbonyl (C=O) groups is 2. The van der Waals surface area contributed by atoms with Gasteiger partial charge in [0, 0.05) is 0 Å². The number of aromatic nitrogens is 2. The largest absolute Gasteiger partial charge is 0.444 e. The summed E-state index contributed by atoms with van der Waals surface area (Å²) in [6.45, 7) is -0.170. The Kier molecular flexibility index (Phi) is 4.05. The topological polar surface area (TPSA) is 97.1 Å². The molecule has 0 bridgehead atoms. The van der Waals surface area contributed by atoms with Crippen LogP contribution in [0, 0.1) is 0 Å². The Balaban J connectivity index is 1.81. The van der Waals surface area contributed by atoms with Gasteiger partial charge in [-0.3, -0.25) is 14.9 Å². The molecule has 0 saturated heterocycles. The molecule has 0 atom stereocenters. The van der Waals surface area contributed by atoms with Crippen molar-refractivity contribution in [2.45, 2.75) is 0 Å². The zero-order chi connectivity index (χ0) is 13.0. The van der Waals surface area contributed by atoms with Gasteiger partial charge in [0.25, 0.3) is 5.91 Å². The van der Waals surface area contributed by atoms with Gasteiger partial charge in [-0.25, -0.2) is 0 Å². The van der Waals surface area contributed by atoms with Gasteiger partial charge in [-0.15, -0.1) is 10.2 Å². The molecule has 9 heteroatoms. The lowest BCUT2D eigenvalue weighted by Gasteiger charge is -2.02. The number of nitrogens with one attached hydrogen (secondary N) is 2. The van der Waals surface area contributed by atoms with Crippen LogP contribution >= 0.6 is 27.3 Å². The summed E-state index contributed by atoms with van der Waals surface area (Å²) in [5.74, 6) is -0.718. The van der Waals surface area contributed by atoms with Crippen molar-refractivity contribution in [1.82, 2.24) is 15.5 Å². The fraction of sp³-hybridized carbons (Fsp3) is 0.111. The van der Waals surface area contributed by atoms with Crippen LogP contribution in [-0.2, 0) is 4.79 Å². The second kappa shape index (κ2) is 5.74. The van der Waals surface area contributed by atoms with E-state index >= 15 is 0 Å². The van der Waals surface area contributed by atoms with Gasteiger partial charge in [-0.2, -0.15) is 0 Å². The normalized spacial score (nSPS) is 10.1. The molecule has 0 fully saturated rings. The number of hydrogen-bond acceptors (Lipinski definition) is 6. The average Bonchev–Trinajstić information content (AvgIpc) is 2.97. The maximum atomic E-state index is 11.5. The van der Waals surface area contributed by atoms with Crippen LogP contribution in [0.3, 0.4) is 0 Å². The number of anilines is 1. The molecule has 0 aliphatic heterocycles. The van der Waals surface area contributed by atoms with Crippen LogP contribution in [0.15, 0.2) is 26.7 Å². The lowest BCUT2D eigenvalue weighted by Crippen LogP contribution is -2.32. The van der Waals surface area contributed by atoms with Crippen LogP contribution in [0.2, 0.25) is 0 Å². The van der Waals surface area contributed by atoms with Crippen molar-refractivity contribution in [3.63, 3.8) is 0 Å². The third-order valence-corrected chi connectivity index (χ3v) is 2.85. The van der Waals surface area contributed by atoms with Crippen molar-refractivity contribution < 1.29 is 14.0 Å². The predicted octanol–water partition coefficient (Wildman–Crippen LogP) is 1.26. The average molecular weight is 331 g/mol. The van der Waals surface area contributed by atoms with Crippen molar-refractivity contribution in [2.24, 2.45) is 0 Å². The lowest BCUT2D eigenvalue weighted by atomic mass is 10.4. The van der Waals surface area contributed by atoms with Crippen LogP contribution in [0.5, 0.6) is 0 Å². The van der Waals surface area contributed by atoms with Crippen LogP contribution in [0.25, 0.3) is 0 Å². The van der Waals surface area contributed by atoms with Gasteiger partial charge >= 0.3 is 0 Å². The Labute approximate surface area is 114 Å². The van der Waals surface area contributed by atoms with Crippen molar-refractivity contribution >= 4 is 44.2 Å². The van der Waals surface area contributed by atoms with E-state index in [1.54, 1.807) is 6.07 Å². The monoisotopic (exact) mass is 330 g/mol. The Morgan fingerprint density at radius 1 is 1.44 bits per heavy atom. The van der Waals surface area contributed by atoms with Crippen LogP contribution < -0.4 is 10.6 Å². The van der Waals surface area contributed by atoms with Gasteiger partial charge < -0.3 is 9.73 Å². The minimum Gasteiger partial charge on any atom is -0.444 e. The van der Waals surface area contributed by atoms with E-state index in [0.717, 1.165) is 0 Å². The molecule has 18 heavy (non-hydrogen) atoms. The zero-order valence-electron chi connectivity index (χ0n) is 8.84. The molecule has 0 radical (unpaired) electrons. The zero-order valence-corrected chi connectivity index (χ0v) is 11.2. The molecule has 2 aromatic rings. The van der Waals surface area contributed by atoms with Crippen molar-refractivity contribution in [2.75, 3.05) is 11.9 Å². The second-order valence-corrected chi connectivity index (χ2v) is 4.69. The molecule has 0 saturated carbocycles. The number of carbonyl (C=O) groups excluding carboxylic acids is 2. The Morgan fingerprint density at radius 3 is 2.89 bits per heavy atom. The Bertz CT molecular complexity index is 554. The second-order valence-electron chi connectivity index (χ2n) is 3.08. The standard InChI is InChI=1S/C9H7BrN4O3S/c10-6-2-1-5(17-6)8(16)11-3-7(15)13-9-14-12-4-18-9/h1-2,4H,3H2,(H,11,16)(H,13,14,15). The lowest BCUT2D eigenvalue weighted by molar-refractivity contribution is -0.115. The minimum atomic E-state index is -0.465. The Morgan fingerprint density at radius 2 is 2.28 bits per heavy atom. The molecule has 2 N–H and O–H groups in total. The molecule has 0 aliphatic carbocycles. The van der Waals surface area contributed by atoms with Crippen LogP contribution in [0.1, 0.15) is 10.6 Å². The smallest absolute Gasteiger partial charge is 0.287 e. The fourth-order valence-corrected chi connectivity index (χ4v) is 1.84. The molecule has 0 aliphatic rings. The van der Waals surface area contributed by atoms with Crippen LogP contribution in [0.4, 0.5) is 5.13 Å². The van der Waals surface area contributed by atoms with Gasteiger partial charge in [0.2, 0.25) is 11.0 Å². The summed E-state index contributed by atoms with van der Waals surface area (Å²) in [6, 6.07) is 3.10. The molecule has 2 amide bonds. The fourth-order valence-electron chi connectivity index (χ4n) is 1.07. The maximum absolute atomic E-state index is 11.5. The first-order chi connectivity index (χ1) is 8.65. The molecule has 0 spiro atoms. The first-order valence-electron chi connectivity index (χ1n) is 4.74. The van der Waals surface area contributed by atoms with Gasteiger partial charge in [-0.1, -0.05) is 11.3 Å². The Hall–Kier alpha value is -1.74. The minimum absolute atomic E-state index is 0.130. The number of nitrogens with zero attached hydrogens (tertiary/aromatic N) is 2. The van der Waals surface area contributed by atoms with E-state index in [2.05, 4.69) is 36.8 Å². The van der Waals surface area contributed by atoms with E-state index in [0.29, 0.717) is 9.80 Å². The van der Waals surface area contributed by atoms with E-state index < -0.39 is 5.91 Å². The highest BCUT2D eigenvalue weighted by Crippen LogP contribution is 2.13. The summed E-state index contributed by atoms with van der Waals surface area (Å²) in [6.07, 6.45) is 0. The maximum Gasteiger partial charge on any atom is 0.287 e. The molecule has 2 aromatic heterocycles. The molecule has 0 unspecified atom stereocenters. The third kappa shape index (κ3) is 3.37. The summed E-state index contributed by atoms with van der Waals surface area (Å²) in [4.78, 5) is 23.0. The molecular formula is C9H7BrN4O3S. The van der Waals surface area contributed by atoms with Crippen molar-refractivity contribution in [3.05, 3.63) is 28.1 Å². The van der Waals surface area contributed by atoms with Crippen molar-refractivity contribution in [3.8, 4) is 0 Å². The molecule has 2 heterocycles. The number of rotatable bonds is 4. The number of halogens is 1. The molecule has 94 valence electrons. The predicted molar refractivity (Wildman–Crippen MR) is 67.3 cm³/mol. The molecular weight excluding hydrogens is 324 g/mol. The van der Waals surface area contributed by atoms with Gasteiger partial charge in [0.05, 0.1) is 6.54 Å². The molecule has 0 aromatic carbocycles. The summed E-state index contributed by atoms with van der Waals surface area (Å²) >= 11 is 4.27. The highest BCUT2D eigenvalue weighted by Gasteiger charge is 2.12. The van der Waals surface area contributed by atoms with E-state index in [1.165, 1.54) is 22.9 Å². The number of hydrogen-bond donors (Lipinski definition) is 2. The summed E-state index contributed by atoms with van der Waals surface area (Å²) in [5, 5.41) is 12.5. The molecule has 2 rings (SSSR count). The number of furan rings is 1. The van der Waals surface area contributed by atoms with Gasteiger partial charge in [-0.05, 0) is 28.1 Å². The quantitative estimate of drug-likeness (QED) is 0.879. The number of amides is 2. The van der Waals surface area contributed by atoms with E-state index in [9.17, 15) is 9.59 Å². The van der Waals surface area contributed by atoms with E-state index in [-0.39, 0.29) is 18.2 Å². The summed E-state index contributed by atoms with van der Waals surface area (Å²) < 4.78 is 5.49. The van der Waals surface area contributed by atoms with Crippen LogP contribution in [-0.4, -0.2) is 28.6 Å². The summed E-state index contributed by atoms with van der Waals surface area (Å²) in [5.41, 5.74) is 1.49. The van der Waals surface area contributed by atoms with Gasteiger partial charge in [0.15, 0.2) is 10.4 Å². The van der Waals surface area contributed by atoms with E-state index in [1.807, 2.05) is 0 Å². The van der Waals surface area contributed by atoms with Gasteiger partial charge in [0.1, 0.15) is 5.51 Å². The summed E-state index contributed by atoms with van der Waals surface area (Å²) in [7, 11) is 0. The SMILES string of the molecule is O=C(CNC(=O)c1ccc(Br)o1)Nc1nncs1. The van der Waals surface area contributed by atoms with Crippen molar-refractivity contribution in [1.29, 1.82) is 0 Å². The third-order valence-electron chi connectivity index (χ3n) is 1.81. The first-order valence-corrected chi connectivity index (χ1v) is 6.42. The first kappa shape index (κ1) is 12.7. The highest BCUT2D eigenvalue weighted by atomic mass is 79.9.